The van der Waals surface area contributed by atoms with Crippen LogP contribution in [-0.4, -0.2) is 18.2 Å². The van der Waals surface area contributed by atoms with Gasteiger partial charge in [-0.05, 0) is 33.3 Å². The second kappa shape index (κ2) is 7.06. The first-order valence-electron chi connectivity index (χ1n) is 6.57. The summed E-state index contributed by atoms with van der Waals surface area (Å²) in [6, 6.07) is 1.97. The van der Waals surface area contributed by atoms with Crippen molar-refractivity contribution >= 4 is 17.9 Å². The summed E-state index contributed by atoms with van der Waals surface area (Å²) in [7, 11) is 0. The van der Waals surface area contributed by atoms with Gasteiger partial charge < -0.3 is 15.8 Å². The summed E-state index contributed by atoms with van der Waals surface area (Å²) in [6.45, 7) is 5.70. The molecular formula is C15H20F2N2O2. The zero-order valence-electron chi connectivity index (χ0n) is 12.4. The molecule has 1 amide bonds. The van der Waals surface area contributed by atoms with Crippen LogP contribution in [0, 0.1) is 11.6 Å². The number of halogens is 2. The number of nitrogen functional groups attached to an aromatic ring is 1. The molecular weight excluding hydrogens is 278 g/mol. The Kier molecular flexibility index (Phi) is 5.69. The van der Waals surface area contributed by atoms with Crippen molar-refractivity contribution in [3.05, 3.63) is 35.4 Å². The lowest BCUT2D eigenvalue weighted by molar-refractivity contribution is 0.0529. The van der Waals surface area contributed by atoms with Crippen LogP contribution < -0.4 is 11.1 Å². The summed E-state index contributed by atoms with van der Waals surface area (Å²) >= 11 is 0. The van der Waals surface area contributed by atoms with Gasteiger partial charge in [-0.25, -0.2) is 13.6 Å². The van der Waals surface area contributed by atoms with Crippen LogP contribution in [-0.2, 0) is 4.74 Å². The maximum atomic E-state index is 13.1. The third kappa shape index (κ3) is 6.25. The fourth-order valence-electron chi connectivity index (χ4n) is 1.50. The fourth-order valence-corrected chi connectivity index (χ4v) is 1.50. The number of nitrogens with one attached hydrogen (secondary N) is 1. The van der Waals surface area contributed by atoms with Gasteiger partial charge in [-0.15, -0.1) is 0 Å². The molecule has 0 heterocycles. The van der Waals surface area contributed by atoms with Crippen LogP contribution in [0.25, 0.3) is 6.08 Å². The second-order valence-corrected chi connectivity index (χ2v) is 5.51. The molecule has 0 aliphatic heterocycles. The first kappa shape index (κ1) is 16.9. The number of hydrogen-bond donors (Lipinski definition) is 2. The van der Waals surface area contributed by atoms with Gasteiger partial charge >= 0.3 is 6.09 Å². The van der Waals surface area contributed by atoms with E-state index in [1.807, 2.05) is 0 Å². The van der Waals surface area contributed by atoms with Gasteiger partial charge in [0, 0.05) is 23.9 Å². The zero-order chi connectivity index (χ0) is 16.0. The first-order valence-corrected chi connectivity index (χ1v) is 6.57. The monoisotopic (exact) mass is 298 g/mol. The van der Waals surface area contributed by atoms with Gasteiger partial charge in [0.25, 0.3) is 0 Å². The Bertz CT molecular complexity index is 537. The normalized spacial score (nSPS) is 11.7. The SMILES string of the molecule is CC(C)(C)OC(=O)NCCC=Cc1cc(F)c(F)cc1N. The third-order valence-electron chi connectivity index (χ3n) is 2.40. The Morgan fingerprint density at radius 2 is 1.95 bits per heavy atom. The maximum Gasteiger partial charge on any atom is 0.407 e. The Labute approximate surface area is 123 Å². The van der Waals surface area contributed by atoms with E-state index in [0.29, 0.717) is 18.5 Å². The summed E-state index contributed by atoms with van der Waals surface area (Å²) in [6.07, 6.45) is 3.30. The van der Waals surface area contributed by atoms with Gasteiger partial charge in [-0.3, -0.25) is 0 Å². The highest BCUT2D eigenvalue weighted by molar-refractivity contribution is 5.67. The van der Waals surface area contributed by atoms with Crippen LogP contribution in [0.5, 0.6) is 0 Å². The quantitative estimate of drug-likeness (QED) is 0.661. The van der Waals surface area contributed by atoms with Gasteiger partial charge in [0.05, 0.1) is 0 Å². The van der Waals surface area contributed by atoms with E-state index >= 15 is 0 Å². The van der Waals surface area contributed by atoms with Crippen LogP contribution in [0.4, 0.5) is 19.3 Å². The standard InChI is InChI=1S/C15H20F2N2O2/c1-15(2,3)21-14(20)19-7-5-4-6-10-8-11(16)12(17)9-13(10)18/h4,6,8-9H,5,7,18H2,1-3H3,(H,19,20). The summed E-state index contributed by atoms with van der Waals surface area (Å²) in [5.74, 6) is -1.92. The lowest BCUT2D eigenvalue weighted by atomic mass is 10.1. The molecule has 21 heavy (non-hydrogen) atoms. The molecule has 1 rings (SSSR count). The molecule has 0 fully saturated rings. The van der Waals surface area contributed by atoms with Crippen LogP contribution in [0.15, 0.2) is 18.2 Å². The minimum Gasteiger partial charge on any atom is -0.444 e. The maximum absolute atomic E-state index is 13.1. The summed E-state index contributed by atoms with van der Waals surface area (Å²) in [4.78, 5) is 11.4. The molecule has 0 aliphatic carbocycles. The molecule has 0 aliphatic rings. The zero-order valence-corrected chi connectivity index (χ0v) is 12.4. The van der Waals surface area contributed by atoms with Gasteiger partial charge in [0.2, 0.25) is 0 Å². The van der Waals surface area contributed by atoms with E-state index in [9.17, 15) is 13.6 Å². The fraction of sp³-hybridized carbons (Fsp3) is 0.400. The minimum absolute atomic E-state index is 0.158. The van der Waals surface area contributed by atoms with E-state index in [-0.39, 0.29) is 5.69 Å². The molecule has 1 aromatic rings. The van der Waals surface area contributed by atoms with Crippen molar-refractivity contribution < 1.29 is 18.3 Å². The van der Waals surface area contributed by atoms with Gasteiger partial charge in [-0.1, -0.05) is 12.2 Å². The molecule has 0 saturated carbocycles. The highest BCUT2D eigenvalue weighted by Crippen LogP contribution is 2.18. The van der Waals surface area contributed by atoms with E-state index in [4.69, 9.17) is 10.5 Å². The van der Waals surface area contributed by atoms with Crippen molar-refractivity contribution in [1.29, 1.82) is 0 Å². The molecule has 0 radical (unpaired) electrons. The van der Waals surface area contributed by atoms with E-state index in [1.54, 1.807) is 32.9 Å². The Morgan fingerprint density at radius 3 is 2.57 bits per heavy atom. The molecule has 3 N–H and O–H groups in total. The number of benzene rings is 1. The van der Waals surface area contributed by atoms with E-state index in [0.717, 1.165) is 12.1 Å². The molecule has 0 unspecified atom stereocenters. The number of carbonyl (C=O) groups is 1. The Morgan fingerprint density at radius 1 is 1.33 bits per heavy atom. The molecule has 0 atom stereocenters. The van der Waals surface area contributed by atoms with Crippen LogP contribution in [0.3, 0.4) is 0 Å². The number of rotatable bonds is 4. The molecule has 0 bridgehead atoms. The smallest absolute Gasteiger partial charge is 0.407 e. The highest BCUT2D eigenvalue weighted by Gasteiger charge is 2.15. The molecule has 116 valence electrons. The van der Waals surface area contributed by atoms with Crippen molar-refractivity contribution in [2.24, 2.45) is 0 Å². The second-order valence-electron chi connectivity index (χ2n) is 5.51. The lowest BCUT2D eigenvalue weighted by Gasteiger charge is -2.19. The average molecular weight is 298 g/mol. The highest BCUT2D eigenvalue weighted by atomic mass is 19.2. The number of amides is 1. The number of nitrogens with two attached hydrogens (primary N) is 1. The Balaban J connectivity index is 2.43. The summed E-state index contributed by atoms with van der Waals surface area (Å²) in [5.41, 5.74) is 5.59. The van der Waals surface area contributed by atoms with E-state index in [1.165, 1.54) is 0 Å². The van der Waals surface area contributed by atoms with Crippen molar-refractivity contribution in [3.8, 4) is 0 Å². The number of alkyl carbamates (subject to hydrolysis) is 1. The Hall–Kier alpha value is -2.11. The number of anilines is 1. The predicted octanol–water partition coefficient (Wildman–Crippen LogP) is 3.48. The average Bonchev–Trinajstić information content (AvgIpc) is 2.32. The van der Waals surface area contributed by atoms with Crippen LogP contribution in [0.2, 0.25) is 0 Å². The van der Waals surface area contributed by atoms with Crippen molar-refractivity contribution in [1.82, 2.24) is 5.32 Å². The number of ether oxygens (including phenoxy) is 1. The first-order chi connectivity index (χ1) is 9.69. The molecule has 0 aromatic heterocycles. The van der Waals surface area contributed by atoms with Crippen LogP contribution >= 0.6 is 0 Å². The lowest BCUT2D eigenvalue weighted by Crippen LogP contribution is -2.32. The van der Waals surface area contributed by atoms with Crippen molar-refractivity contribution in [2.75, 3.05) is 12.3 Å². The molecule has 1 aromatic carbocycles. The third-order valence-corrected chi connectivity index (χ3v) is 2.40. The topological polar surface area (TPSA) is 64.3 Å². The number of carbonyl (C=O) groups excluding carboxylic acids is 1. The van der Waals surface area contributed by atoms with Gasteiger partial charge in [-0.2, -0.15) is 0 Å². The molecule has 4 nitrogen and oxygen atoms in total. The van der Waals surface area contributed by atoms with Crippen LogP contribution in [0.1, 0.15) is 32.8 Å². The summed E-state index contributed by atoms with van der Waals surface area (Å²) < 4.78 is 31.0. The molecule has 6 heteroatoms. The minimum atomic E-state index is -0.976. The van der Waals surface area contributed by atoms with Gasteiger partial charge in [0.15, 0.2) is 11.6 Å². The number of hydrogen-bond acceptors (Lipinski definition) is 3. The summed E-state index contributed by atoms with van der Waals surface area (Å²) in [5, 5.41) is 2.58. The molecule has 0 saturated heterocycles. The van der Waals surface area contributed by atoms with Crippen molar-refractivity contribution in [2.45, 2.75) is 32.8 Å². The predicted molar refractivity (Wildman–Crippen MR) is 78.7 cm³/mol. The van der Waals surface area contributed by atoms with E-state index in [2.05, 4.69) is 5.32 Å². The van der Waals surface area contributed by atoms with E-state index < -0.39 is 23.3 Å². The van der Waals surface area contributed by atoms with Gasteiger partial charge in [0.1, 0.15) is 5.60 Å². The largest absolute Gasteiger partial charge is 0.444 e. The molecule has 0 spiro atoms. The van der Waals surface area contributed by atoms with Crippen molar-refractivity contribution in [3.63, 3.8) is 0 Å².